The fraction of sp³-hybridized carbons (Fsp3) is 0.591. The fourth-order valence-corrected chi connectivity index (χ4v) is 2.90. The van der Waals surface area contributed by atoms with Gasteiger partial charge in [0.2, 0.25) is 0 Å². The second kappa shape index (κ2) is 13.4. The SMILES string of the molecule is CCCCCCCCCCCCCC#Cc1cccc(O)c1C(=O)O. The normalized spacial score (nSPS) is 10.3. The lowest BCUT2D eigenvalue weighted by Crippen LogP contribution is -2.00. The average Bonchev–Trinajstić information content (AvgIpc) is 2.58. The predicted octanol–water partition coefficient (Wildman–Crippen LogP) is 6.14. The molecular weight excluding hydrogens is 312 g/mol. The minimum absolute atomic E-state index is 0.103. The fourth-order valence-electron chi connectivity index (χ4n) is 2.90. The van der Waals surface area contributed by atoms with Gasteiger partial charge in [0, 0.05) is 12.0 Å². The van der Waals surface area contributed by atoms with Crippen molar-refractivity contribution in [3.8, 4) is 17.6 Å². The maximum absolute atomic E-state index is 11.1. The molecule has 0 aliphatic rings. The van der Waals surface area contributed by atoms with E-state index in [0.717, 1.165) is 12.8 Å². The van der Waals surface area contributed by atoms with Gasteiger partial charge in [0.05, 0.1) is 0 Å². The molecule has 25 heavy (non-hydrogen) atoms. The molecular formula is C22H32O3. The van der Waals surface area contributed by atoms with E-state index >= 15 is 0 Å². The lowest BCUT2D eigenvalue weighted by Gasteiger charge is -2.02. The maximum Gasteiger partial charge on any atom is 0.340 e. The van der Waals surface area contributed by atoms with E-state index in [1.54, 1.807) is 12.1 Å². The topological polar surface area (TPSA) is 57.5 Å². The quantitative estimate of drug-likeness (QED) is 0.353. The van der Waals surface area contributed by atoms with Crippen LogP contribution in [0.3, 0.4) is 0 Å². The number of rotatable bonds is 12. The average molecular weight is 344 g/mol. The summed E-state index contributed by atoms with van der Waals surface area (Å²) >= 11 is 0. The molecule has 2 N–H and O–H groups in total. The third-order valence-corrected chi connectivity index (χ3v) is 4.38. The summed E-state index contributed by atoms with van der Waals surface area (Å²) < 4.78 is 0. The lowest BCUT2D eigenvalue weighted by atomic mass is 10.0. The Morgan fingerprint density at radius 3 is 2.04 bits per heavy atom. The van der Waals surface area contributed by atoms with Gasteiger partial charge in [0.1, 0.15) is 11.3 Å². The summed E-state index contributed by atoms with van der Waals surface area (Å²) in [6.45, 7) is 2.25. The van der Waals surface area contributed by atoms with Crippen LogP contribution in [-0.4, -0.2) is 16.2 Å². The molecule has 1 rings (SSSR count). The second-order valence-electron chi connectivity index (χ2n) is 6.59. The van der Waals surface area contributed by atoms with Gasteiger partial charge >= 0.3 is 5.97 Å². The van der Waals surface area contributed by atoms with Crippen LogP contribution in [0.1, 0.15) is 99.9 Å². The lowest BCUT2D eigenvalue weighted by molar-refractivity contribution is 0.0693. The van der Waals surface area contributed by atoms with Gasteiger partial charge in [0.25, 0.3) is 0 Å². The Morgan fingerprint density at radius 2 is 1.48 bits per heavy atom. The summed E-state index contributed by atoms with van der Waals surface area (Å²) in [6, 6.07) is 4.63. The van der Waals surface area contributed by atoms with Gasteiger partial charge < -0.3 is 10.2 Å². The minimum Gasteiger partial charge on any atom is -0.507 e. The van der Waals surface area contributed by atoms with Crippen LogP contribution in [0.15, 0.2) is 18.2 Å². The van der Waals surface area contributed by atoms with Crippen LogP contribution in [0.5, 0.6) is 5.75 Å². The molecule has 0 atom stereocenters. The van der Waals surface area contributed by atoms with Crippen molar-refractivity contribution in [1.29, 1.82) is 0 Å². The van der Waals surface area contributed by atoms with Crippen molar-refractivity contribution in [2.45, 2.75) is 84.0 Å². The Kier molecular flexibility index (Phi) is 11.3. The highest BCUT2D eigenvalue weighted by atomic mass is 16.4. The zero-order chi connectivity index (χ0) is 18.3. The summed E-state index contributed by atoms with van der Waals surface area (Å²) in [5, 5.41) is 18.7. The second-order valence-corrected chi connectivity index (χ2v) is 6.59. The Bertz CT molecular complexity index is 566. The molecule has 138 valence electrons. The number of unbranched alkanes of at least 4 members (excludes halogenated alkanes) is 11. The molecule has 0 aliphatic carbocycles. The van der Waals surface area contributed by atoms with Crippen molar-refractivity contribution in [2.24, 2.45) is 0 Å². The van der Waals surface area contributed by atoms with E-state index in [4.69, 9.17) is 5.11 Å². The first-order valence-corrected chi connectivity index (χ1v) is 9.71. The summed E-state index contributed by atoms with van der Waals surface area (Å²) in [5.41, 5.74) is 0.282. The largest absolute Gasteiger partial charge is 0.507 e. The minimum atomic E-state index is -1.14. The third-order valence-electron chi connectivity index (χ3n) is 4.38. The number of carbonyl (C=O) groups is 1. The molecule has 3 heteroatoms. The van der Waals surface area contributed by atoms with Gasteiger partial charge in [-0.2, -0.15) is 0 Å². The zero-order valence-corrected chi connectivity index (χ0v) is 15.5. The first kappa shape index (κ1) is 21.1. The number of carboxylic acids is 1. The number of aromatic carboxylic acids is 1. The first-order chi connectivity index (χ1) is 12.2. The number of carboxylic acid groups (broad SMARTS) is 1. The van der Waals surface area contributed by atoms with Crippen molar-refractivity contribution in [3.63, 3.8) is 0 Å². The highest BCUT2D eigenvalue weighted by Gasteiger charge is 2.13. The van der Waals surface area contributed by atoms with Gasteiger partial charge in [-0.25, -0.2) is 4.79 Å². The van der Waals surface area contributed by atoms with E-state index in [1.165, 1.54) is 70.3 Å². The Morgan fingerprint density at radius 1 is 0.920 bits per heavy atom. The summed E-state index contributed by atoms with van der Waals surface area (Å²) in [5.74, 6) is 4.54. The van der Waals surface area contributed by atoms with E-state index in [9.17, 15) is 9.90 Å². The summed E-state index contributed by atoms with van der Waals surface area (Å²) in [4.78, 5) is 11.1. The van der Waals surface area contributed by atoms with Crippen LogP contribution in [0, 0.1) is 11.8 Å². The number of benzene rings is 1. The van der Waals surface area contributed by atoms with Crippen LogP contribution < -0.4 is 0 Å². The first-order valence-electron chi connectivity index (χ1n) is 9.71. The Balaban J connectivity index is 2.13. The molecule has 1 aromatic carbocycles. The highest BCUT2D eigenvalue weighted by molar-refractivity contribution is 5.93. The number of hydrogen-bond acceptors (Lipinski definition) is 2. The van der Waals surface area contributed by atoms with E-state index in [0.29, 0.717) is 5.56 Å². The van der Waals surface area contributed by atoms with Crippen LogP contribution in [0.4, 0.5) is 0 Å². The maximum atomic E-state index is 11.1. The van der Waals surface area contributed by atoms with Gasteiger partial charge in [-0.15, -0.1) is 0 Å². The van der Waals surface area contributed by atoms with Crippen LogP contribution in [0.2, 0.25) is 0 Å². The Labute approximate surface area is 152 Å². The number of hydrogen-bond donors (Lipinski definition) is 2. The van der Waals surface area contributed by atoms with Crippen molar-refractivity contribution in [1.82, 2.24) is 0 Å². The van der Waals surface area contributed by atoms with Gasteiger partial charge in [-0.05, 0) is 18.6 Å². The van der Waals surface area contributed by atoms with Crippen LogP contribution in [-0.2, 0) is 0 Å². The molecule has 1 aromatic rings. The van der Waals surface area contributed by atoms with E-state index in [1.807, 2.05) is 0 Å². The molecule has 0 saturated heterocycles. The Hall–Kier alpha value is -1.95. The molecule has 0 fully saturated rings. The molecule has 0 heterocycles. The molecule has 0 spiro atoms. The van der Waals surface area contributed by atoms with Gasteiger partial charge in [0.15, 0.2) is 0 Å². The van der Waals surface area contributed by atoms with Crippen LogP contribution >= 0.6 is 0 Å². The summed E-state index contributed by atoms with van der Waals surface area (Å²) in [7, 11) is 0. The van der Waals surface area contributed by atoms with E-state index in [2.05, 4.69) is 18.8 Å². The molecule has 3 nitrogen and oxygen atoms in total. The molecule has 0 aromatic heterocycles. The third kappa shape index (κ3) is 9.19. The zero-order valence-electron chi connectivity index (χ0n) is 15.5. The standard InChI is InChI=1S/C22H32O3/c1-2-3-4-5-6-7-8-9-10-11-12-13-14-16-19-17-15-18-20(23)21(19)22(24)25/h15,17-18,23H,2-13H2,1H3,(H,24,25). The van der Waals surface area contributed by atoms with Gasteiger partial charge in [-0.3, -0.25) is 0 Å². The van der Waals surface area contributed by atoms with Crippen molar-refractivity contribution >= 4 is 5.97 Å². The van der Waals surface area contributed by atoms with Crippen molar-refractivity contribution in [2.75, 3.05) is 0 Å². The number of phenols is 1. The summed E-state index contributed by atoms with van der Waals surface area (Å²) in [6.07, 6.45) is 15.1. The predicted molar refractivity (Wildman–Crippen MR) is 103 cm³/mol. The van der Waals surface area contributed by atoms with E-state index < -0.39 is 5.97 Å². The molecule has 0 radical (unpaired) electrons. The van der Waals surface area contributed by atoms with Crippen molar-refractivity contribution in [3.05, 3.63) is 29.3 Å². The van der Waals surface area contributed by atoms with Crippen LogP contribution in [0.25, 0.3) is 0 Å². The van der Waals surface area contributed by atoms with Crippen molar-refractivity contribution < 1.29 is 15.0 Å². The molecule has 0 saturated carbocycles. The van der Waals surface area contributed by atoms with E-state index in [-0.39, 0.29) is 11.3 Å². The molecule has 0 amide bonds. The molecule has 0 bridgehead atoms. The molecule has 0 unspecified atom stereocenters. The smallest absolute Gasteiger partial charge is 0.340 e. The van der Waals surface area contributed by atoms with Gasteiger partial charge in [-0.1, -0.05) is 89.0 Å². The molecule has 0 aliphatic heterocycles. The monoisotopic (exact) mass is 344 g/mol. The number of aromatic hydroxyl groups is 1. The highest BCUT2D eigenvalue weighted by Crippen LogP contribution is 2.20.